The number of nitrogens with zero attached hydrogens (tertiary/aromatic N) is 1. The van der Waals surface area contributed by atoms with E-state index in [4.69, 9.17) is 0 Å². The minimum absolute atomic E-state index is 0.111. The molecule has 0 saturated heterocycles. The van der Waals surface area contributed by atoms with Crippen LogP contribution in [-0.2, 0) is 0 Å². The molecule has 0 radical (unpaired) electrons. The lowest BCUT2D eigenvalue weighted by Gasteiger charge is -2.35. The van der Waals surface area contributed by atoms with E-state index in [1.54, 1.807) is 0 Å². The van der Waals surface area contributed by atoms with E-state index in [9.17, 15) is 5.11 Å². The second-order valence-electron chi connectivity index (χ2n) is 4.76. The Balaban J connectivity index is 3.86. The summed E-state index contributed by atoms with van der Waals surface area (Å²) in [6.45, 7) is 11.8. The number of nitrogens with one attached hydrogen (secondary N) is 1. The number of rotatable bonds is 7. The zero-order chi connectivity index (χ0) is 11.2. The Labute approximate surface area is 88.5 Å². The van der Waals surface area contributed by atoms with Crippen LogP contribution in [0.3, 0.4) is 0 Å². The van der Waals surface area contributed by atoms with Crippen molar-refractivity contribution in [2.45, 2.75) is 33.2 Å². The molecule has 0 fully saturated rings. The SMILES string of the molecule is CCNCC(C)CN(C)C(C)(C)CO. The van der Waals surface area contributed by atoms with E-state index in [1.807, 2.05) is 0 Å². The summed E-state index contributed by atoms with van der Waals surface area (Å²) in [5.41, 5.74) is -0.111. The van der Waals surface area contributed by atoms with Crippen molar-refractivity contribution in [2.24, 2.45) is 5.92 Å². The molecule has 0 aromatic rings. The van der Waals surface area contributed by atoms with Gasteiger partial charge in [-0.3, -0.25) is 4.90 Å². The molecule has 1 atom stereocenters. The van der Waals surface area contributed by atoms with Gasteiger partial charge < -0.3 is 10.4 Å². The fourth-order valence-electron chi connectivity index (χ4n) is 1.29. The molecule has 14 heavy (non-hydrogen) atoms. The summed E-state index contributed by atoms with van der Waals surface area (Å²) in [7, 11) is 2.07. The highest BCUT2D eigenvalue weighted by Crippen LogP contribution is 2.12. The molecular formula is C11H26N2O. The average molecular weight is 202 g/mol. The van der Waals surface area contributed by atoms with Crippen LogP contribution < -0.4 is 5.32 Å². The quantitative estimate of drug-likeness (QED) is 0.645. The Morgan fingerprint density at radius 1 is 1.43 bits per heavy atom. The number of hydrogen-bond acceptors (Lipinski definition) is 3. The Hall–Kier alpha value is -0.120. The maximum atomic E-state index is 9.20. The highest BCUT2D eigenvalue weighted by Gasteiger charge is 2.23. The summed E-state index contributed by atoms with van der Waals surface area (Å²) in [6, 6.07) is 0. The molecule has 0 bridgehead atoms. The molecule has 0 aliphatic carbocycles. The fraction of sp³-hybridized carbons (Fsp3) is 1.00. The fourth-order valence-corrected chi connectivity index (χ4v) is 1.29. The van der Waals surface area contributed by atoms with Crippen LogP contribution in [-0.4, -0.2) is 48.8 Å². The molecule has 0 rings (SSSR count). The third kappa shape index (κ3) is 4.94. The van der Waals surface area contributed by atoms with Gasteiger partial charge in [-0.1, -0.05) is 13.8 Å². The van der Waals surface area contributed by atoms with Crippen LogP contribution in [0.15, 0.2) is 0 Å². The second kappa shape index (κ2) is 6.38. The molecule has 86 valence electrons. The summed E-state index contributed by atoms with van der Waals surface area (Å²) >= 11 is 0. The molecule has 0 spiro atoms. The Morgan fingerprint density at radius 3 is 2.43 bits per heavy atom. The average Bonchev–Trinajstić information content (AvgIpc) is 2.14. The van der Waals surface area contributed by atoms with Gasteiger partial charge in [-0.05, 0) is 39.9 Å². The van der Waals surface area contributed by atoms with Crippen molar-refractivity contribution < 1.29 is 5.11 Å². The van der Waals surface area contributed by atoms with Crippen LogP contribution in [0.25, 0.3) is 0 Å². The van der Waals surface area contributed by atoms with E-state index < -0.39 is 0 Å². The standard InChI is InChI=1S/C11H26N2O/c1-6-12-7-10(2)8-13(5)11(3,4)9-14/h10,12,14H,6-9H2,1-5H3. The van der Waals surface area contributed by atoms with Crippen molar-refractivity contribution in [3.05, 3.63) is 0 Å². The first-order valence-electron chi connectivity index (χ1n) is 5.46. The van der Waals surface area contributed by atoms with Gasteiger partial charge in [0, 0.05) is 12.1 Å². The van der Waals surface area contributed by atoms with Gasteiger partial charge in [-0.15, -0.1) is 0 Å². The van der Waals surface area contributed by atoms with Crippen LogP contribution in [0.5, 0.6) is 0 Å². The third-order valence-corrected chi connectivity index (χ3v) is 2.75. The monoisotopic (exact) mass is 202 g/mol. The molecule has 0 saturated carbocycles. The van der Waals surface area contributed by atoms with Crippen LogP contribution in [0.1, 0.15) is 27.7 Å². The molecule has 3 heteroatoms. The van der Waals surface area contributed by atoms with Crippen molar-refractivity contribution in [3.8, 4) is 0 Å². The van der Waals surface area contributed by atoms with Gasteiger partial charge in [0.25, 0.3) is 0 Å². The molecule has 3 nitrogen and oxygen atoms in total. The minimum atomic E-state index is -0.111. The molecular weight excluding hydrogens is 176 g/mol. The first-order valence-corrected chi connectivity index (χ1v) is 5.46. The van der Waals surface area contributed by atoms with Gasteiger partial charge in [0.15, 0.2) is 0 Å². The lowest BCUT2D eigenvalue weighted by Crippen LogP contribution is -2.47. The number of hydrogen-bond donors (Lipinski definition) is 2. The number of aliphatic hydroxyl groups excluding tert-OH is 1. The molecule has 0 amide bonds. The highest BCUT2D eigenvalue weighted by molar-refractivity contribution is 4.79. The van der Waals surface area contributed by atoms with E-state index in [1.165, 1.54) is 0 Å². The molecule has 0 heterocycles. The first-order chi connectivity index (χ1) is 6.44. The maximum absolute atomic E-state index is 9.20. The van der Waals surface area contributed by atoms with Crippen molar-refractivity contribution in [1.29, 1.82) is 0 Å². The van der Waals surface area contributed by atoms with Crippen LogP contribution in [0.2, 0.25) is 0 Å². The molecule has 0 aromatic heterocycles. The maximum Gasteiger partial charge on any atom is 0.0609 e. The zero-order valence-electron chi connectivity index (χ0n) is 10.3. The van der Waals surface area contributed by atoms with E-state index in [-0.39, 0.29) is 12.1 Å². The van der Waals surface area contributed by atoms with Gasteiger partial charge in [0.2, 0.25) is 0 Å². The summed E-state index contributed by atoms with van der Waals surface area (Å²) in [5.74, 6) is 0.616. The number of likely N-dealkylation sites (N-methyl/N-ethyl adjacent to an activating group) is 1. The van der Waals surface area contributed by atoms with Crippen LogP contribution >= 0.6 is 0 Å². The number of aliphatic hydroxyl groups is 1. The second-order valence-corrected chi connectivity index (χ2v) is 4.76. The van der Waals surface area contributed by atoms with Crippen LogP contribution in [0, 0.1) is 5.92 Å². The molecule has 0 aliphatic rings. The Kier molecular flexibility index (Phi) is 6.33. The predicted octanol–water partition coefficient (Wildman–Crippen LogP) is 0.935. The van der Waals surface area contributed by atoms with E-state index in [0.717, 1.165) is 19.6 Å². The summed E-state index contributed by atoms with van der Waals surface area (Å²) in [4.78, 5) is 2.22. The van der Waals surface area contributed by atoms with Crippen molar-refractivity contribution in [2.75, 3.05) is 33.3 Å². The van der Waals surface area contributed by atoms with E-state index in [2.05, 4.69) is 45.0 Å². The predicted molar refractivity (Wildman–Crippen MR) is 61.5 cm³/mol. The Bertz CT molecular complexity index is 148. The normalized spacial score (nSPS) is 14.8. The third-order valence-electron chi connectivity index (χ3n) is 2.75. The summed E-state index contributed by atoms with van der Waals surface area (Å²) < 4.78 is 0. The van der Waals surface area contributed by atoms with Crippen molar-refractivity contribution in [3.63, 3.8) is 0 Å². The molecule has 1 unspecified atom stereocenters. The first kappa shape index (κ1) is 13.9. The van der Waals surface area contributed by atoms with Gasteiger partial charge in [0.1, 0.15) is 0 Å². The Morgan fingerprint density at radius 2 is 2.00 bits per heavy atom. The topological polar surface area (TPSA) is 35.5 Å². The summed E-state index contributed by atoms with van der Waals surface area (Å²) in [5, 5.41) is 12.5. The molecule has 2 N–H and O–H groups in total. The van der Waals surface area contributed by atoms with Gasteiger partial charge in [-0.2, -0.15) is 0 Å². The molecule has 0 aliphatic heterocycles. The van der Waals surface area contributed by atoms with E-state index in [0.29, 0.717) is 5.92 Å². The lowest BCUT2D eigenvalue weighted by atomic mass is 10.0. The zero-order valence-corrected chi connectivity index (χ0v) is 10.3. The summed E-state index contributed by atoms with van der Waals surface area (Å²) in [6.07, 6.45) is 0. The van der Waals surface area contributed by atoms with E-state index >= 15 is 0 Å². The minimum Gasteiger partial charge on any atom is -0.394 e. The van der Waals surface area contributed by atoms with Gasteiger partial charge in [0.05, 0.1) is 6.61 Å². The van der Waals surface area contributed by atoms with Crippen molar-refractivity contribution in [1.82, 2.24) is 10.2 Å². The smallest absolute Gasteiger partial charge is 0.0609 e. The largest absolute Gasteiger partial charge is 0.394 e. The van der Waals surface area contributed by atoms with Gasteiger partial charge in [-0.25, -0.2) is 0 Å². The van der Waals surface area contributed by atoms with Crippen LogP contribution in [0.4, 0.5) is 0 Å². The lowest BCUT2D eigenvalue weighted by molar-refractivity contribution is 0.0683. The van der Waals surface area contributed by atoms with Gasteiger partial charge >= 0.3 is 0 Å². The highest BCUT2D eigenvalue weighted by atomic mass is 16.3. The van der Waals surface area contributed by atoms with Crippen molar-refractivity contribution >= 4 is 0 Å². The molecule has 0 aromatic carbocycles.